The van der Waals surface area contributed by atoms with Gasteiger partial charge in [-0.05, 0) is 90.9 Å². The number of unbranched alkanes of at least 4 members (excludes halogenated alkanes) is 1. The van der Waals surface area contributed by atoms with Crippen molar-refractivity contribution in [2.45, 2.75) is 45.8 Å². The number of nitrogens with zero attached hydrogens (tertiary/aromatic N) is 1. The van der Waals surface area contributed by atoms with Gasteiger partial charge in [0.25, 0.3) is 0 Å². The Morgan fingerprint density at radius 2 is 1.41 bits per heavy atom. The topological polar surface area (TPSA) is 65.1 Å². The summed E-state index contributed by atoms with van der Waals surface area (Å²) in [5, 5.41) is 0. The highest BCUT2D eigenvalue weighted by Crippen LogP contribution is 2.24. The predicted molar refractivity (Wildman–Crippen MR) is 170 cm³/mol. The Labute approximate surface area is 259 Å². The molecular formula is C37H40FNO5. The molecule has 0 fully saturated rings. The van der Waals surface area contributed by atoms with Crippen molar-refractivity contribution in [1.82, 2.24) is 4.90 Å². The van der Waals surface area contributed by atoms with Crippen molar-refractivity contribution >= 4 is 11.9 Å². The number of carbonyl (C=O) groups excluding carboxylic acids is 2. The summed E-state index contributed by atoms with van der Waals surface area (Å²) >= 11 is 0. The summed E-state index contributed by atoms with van der Waals surface area (Å²) in [6.45, 7) is 4.48. The number of hydrogen-bond acceptors (Lipinski definition) is 6. The van der Waals surface area contributed by atoms with E-state index in [-0.39, 0.29) is 17.8 Å². The second-order valence-corrected chi connectivity index (χ2v) is 10.9. The third kappa shape index (κ3) is 9.78. The number of esters is 2. The lowest BCUT2D eigenvalue weighted by atomic mass is 10.0. The minimum absolute atomic E-state index is 0.221. The third-order valence-corrected chi connectivity index (χ3v) is 7.57. The van der Waals surface area contributed by atoms with Crippen LogP contribution in [0.2, 0.25) is 0 Å². The van der Waals surface area contributed by atoms with Crippen LogP contribution < -0.4 is 4.74 Å². The average Bonchev–Trinajstić information content (AvgIpc) is 3.05. The van der Waals surface area contributed by atoms with Crippen molar-refractivity contribution in [3.63, 3.8) is 0 Å². The fourth-order valence-electron chi connectivity index (χ4n) is 4.96. The van der Waals surface area contributed by atoms with Crippen molar-refractivity contribution in [2.75, 3.05) is 27.3 Å². The number of rotatable bonds is 15. The highest BCUT2D eigenvalue weighted by atomic mass is 19.1. The van der Waals surface area contributed by atoms with E-state index in [9.17, 15) is 14.0 Å². The van der Waals surface area contributed by atoms with Gasteiger partial charge in [-0.1, -0.05) is 66.2 Å². The van der Waals surface area contributed by atoms with Crippen LogP contribution in [-0.4, -0.2) is 44.1 Å². The lowest BCUT2D eigenvalue weighted by molar-refractivity contribution is -0.140. The molecule has 44 heavy (non-hydrogen) atoms. The largest absolute Gasteiger partial charge is 0.489 e. The predicted octanol–water partition coefficient (Wildman–Crippen LogP) is 7.55. The Bertz CT molecular complexity index is 1500. The molecule has 230 valence electrons. The lowest BCUT2D eigenvalue weighted by Gasteiger charge is -2.23. The SMILES string of the molecule is COC(=O)CCCCN(CCc1cc(F)ccc1OCc1ccc(-c2ccc(C)cc2)cc1)Cc1ccc(C(=O)OC)cc1. The van der Waals surface area contributed by atoms with Gasteiger partial charge in [0.15, 0.2) is 0 Å². The maximum absolute atomic E-state index is 14.4. The molecule has 0 saturated heterocycles. The van der Waals surface area contributed by atoms with Crippen molar-refractivity contribution in [2.24, 2.45) is 0 Å². The molecule has 0 unspecified atom stereocenters. The fraction of sp³-hybridized carbons (Fsp3) is 0.297. The van der Waals surface area contributed by atoms with Crippen molar-refractivity contribution in [3.8, 4) is 16.9 Å². The summed E-state index contributed by atoms with van der Waals surface area (Å²) in [6.07, 6.45) is 2.46. The van der Waals surface area contributed by atoms with Crippen molar-refractivity contribution in [3.05, 3.63) is 125 Å². The summed E-state index contributed by atoms with van der Waals surface area (Å²) in [7, 11) is 2.75. The Morgan fingerprint density at radius 1 is 0.750 bits per heavy atom. The van der Waals surface area contributed by atoms with Crippen LogP contribution in [-0.2, 0) is 33.8 Å². The second kappa shape index (κ2) is 16.4. The van der Waals surface area contributed by atoms with Crippen LogP contribution in [0.4, 0.5) is 4.39 Å². The van der Waals surface area contributed by atoms with E-state index in [1.54, 1.807) is 18.2 Å². The van der Waals surface area contributed by atoms with E-state index in [4.69, 9.17) is 14.2 Å². The molecule has 4 aromatic rings. The van der Waals surface area contributed by atoms with Gasteiger partial charge in [0.05, 0.1) is 19.8 Å². The van der Waals surface area contributed by atoms with E-state index in [0.29, 0.717) is 50.3 Å². The van der Waals surface area contributed by atoms with Crippen LogP contribution in [0.1, 0.15) is 51.9 Å². The minimum Gasteiger partial charge on any atom is -0.489 e. The van der Waals surface area contributed by atoms with Gasteiger partial charge in [0.2, 0.25) is 0 Å². The van der Waals surface area contributed by atoms with E-state index in [2.05, 4.69) is 60.4 Å². The number of carbonyl (C=O) groups is 2. The van der Waals surface area contributed by atoms with E-state index in [0.717, 1.165) is 40.8 Å². The van der Waals surface area contributed by atoms with Crippen molar-refractivity contribution < 1.29 is 28.2 Å². The molecule has 0 aliphatic rings. The Hall–Kier alpha value is -4.49. The van der Waals surface area contributed by atoms with E-state index in [1.165, 1.54) is 31.9 Å². The zero-order chi connectivity index (χ0) is 31.3. The van der Waals surface area contributed by atoms with Crippen LogP contribution >= 0.6 is 0 Å². The first kappa shape index (κ1) is 32.4. The number of methoxy groups -OCH3 is 2. The molecule has 6 nitrogen and oxygen atoms in total. The molecule has 0 atom stereocenters. The van der Waals surface area contributed by atoms with Crippen LogP contribution in [0, 0.1) is 12.7 Å². The van der Waals surface area contributed by atoms with Crippen LogP contribution in [0.15, 0.2) is 91.0 Å². The molecular weight excluding hydrogens is 557 g/mol. The molecule has 0 N–H and O–H groups in total. The van der Waals surface area contributed by atoms with Crippen LogP contribution in [0.3, 0.4) is 0 Å². The highest BCUT2D eigenvalue weighted by molar-refractivity contribution is 5.89. The minimum atomic E-state index is -0.378. The number of aryl methyl sites for hydroxylation is 1. The first-order chi connectivity index (χ1) is 21.3. The number of halogens is 1. The smallest absolute Gasteiger partial charge is 0.337 e. The van der Waals surface area contributed by atoms with E-state index < -0.39 is 0 Å². The summed E-state index contributed by atoms with van der Waals surface area (Å²) in [4.78, 5) is 25.7. The maximum atomic E-state index is 14.4. The molecule has 4 rings (SSSR count). The Balaban J connectivity index is 1.40. The van der Waals surface area contributed by atoms with Crippen LogP contribution in [0.5, 0.6) is 5.75 Å². The van der Waals surface area contributed by atoms with E-state index >= 15 is 0 Å². The molecule has 0 spiro atoms. The van der Waals surface area contributed by atoms with Gasteiger partial charge < -0.3 is 14.2 Å². The zero-order valence-electron chi connectivity index (χ0n) is 25.7. The zero-order valence-corrected chi connectivity index (χ0v) is 25.7. The van der Waals surface area contributed by atoms with Gasteiger partial charge >= 0.3 is 11.9 Å². The Morgan fingerprint density at radius 3 is 2.07 bits per heavy atom. The quantitative estimate of drug-likeness (QED) is 0.104. The molecule has 0 radical (unpaired) electrons. The molecule has 0 saturated carbocycles. The normalized spacial score (nSPS) is 10.9. The van der Waals surface area contributed by atoms with Gasteiger partial charge in [-0.25, -0.2) is 9.18 Å². The lowest BCUT2D eigenvalue weighted by Crippen LogP contribution is -2.27. The molecule has 0 heterocycles. The highest BCUT2D eigenvalue weighted by Gasteiger charge is 2.13. The van der Waals surface area contributed by atoms with Gasteiger partial charge in [-0.3, -0.25) is 9.69 Å². The van der Waals surface area contributed by atoms with Gasteiger partial charge in [-0.15, -0.1) is 0 Å². The monoisotopic (exact) mass is 597 g/mol. The number of hydrogen-bond donors (Lipinski definition) is 0. The fourth-order valence-corrected chi connectivity index (χ4v) is 4.96. The average molecular weight is 598 g/mol. The van der Waals surface area contributed by atoms with Crippen molar-refractivity contribution in [1.29, 1.82) is 0 Å². The molecule has 4 aromatic carbocycles. The maximum Gasteiger partial charge on any atom is 0.337 e. The molecule has 0 aromatic heterocycles. The molecule has 0 bridgehead atoms. The van der Waals surface area contributed by atoms with Gasteiger partial charge in [0.1, 0.15) is 18.2 Å². The molecule has 0 aliphatic heterocycles. The molecule has 0 aliphatic carbocycles. The summed E-state index contributed by atoms with van der Waals surface area (Å²) < 4.78 is 30.1. The standard InChI is InChI=1S/C37H40FNO5/c1-27-7-13-30(14-8-27)31-15-11-29(12-16-31)26-44-35-20-19-34(38)24-33(35)21-23-39(22-5-4-6-36(40)42-2)25-28-9-17-32(18-10-28)37(41)43-3/h7-20,24H,4-6,21-23,25-26H2,1-3H3. The second-order valence-electron chi connectivity index (χ2n) is 10.9. The number of benzene rings is 4. The first-order valence-corrected chi connectivity index (χ1v) is 14.9. The summed E-state index contributed by atoms with van der Waals surface area (Å²) in [6, 6.07) is 28.7. The van der Waals surface area contributed by atoms with Crippen LogP contribution in [0.25, 0.3) is 11.1 Å². The summed E-state index contributed by atoms with van der Waals surface area (Å²) in [5.74, 6) is -0.252. The van der Waals surface area contributed by atoms with Gasteiger partial charge in [-0.2, -0.15) is 0 Å². The first-order valence-electron chi connectivity index (χ1n) is 14.9. The molecule has 0 amide bonds. The Kier molecular flexibility index (Phi) is 12.1. The third-order valence-electron chi connectivity index (χ3n) is 7.57. The van der Waals surface area contributed by atoms with E-state index in [1.807, 2.05) is 12.1 Å². The number of ether oxygens (including phenoxy) is 3. The molecule has 7 heteroatoms. The van der Waals surface area contributed by atoms with Gasteiger partial charge in [0, 0.05) is 19.5 Å². The summed E-state index contributed by atoms with van der Waals surface area (Å²) in [5.41, 5.74) is 6.88.